The van der Waals surface area contributed by atoms with Crippen LogP contribution in [0.25, 0.3) is 0 Å². The van der Waals surface area contributed by atoms with Gasteiger partial charge in [-0.05, 0) is 5.56 Å². The van der Waals surface area contributed by atoms with Crippen LogP contribution in [0.4, 0.5) is 0 Å². The van der Waals surface area contributed by atoms with Crippen LogP contribution in [-0.4, -0.2) is 44.5 Å². The number of hydrogen-bond donors (Lipinski definition) is 0. The maximum atomic E-state index is 12.0. The summed E-state index contributed by atoms with van der Waals surface area (Å²) in [6.45, 7) is 4.67. The highest BCUT2D eigenvalue weighted by Gasteiger charge is 2.19. The molecule has 0 spiro atoms. The van der Waals surface area contributed by atoms with Crippen LogP contribution in [-0.2, 0) is 30.2 Å². The Morgan fingerprint density at radius 2 is 1.96 bits per heavy atom. The van der Waals surface area contributed by atoms with Gasteiger partial charge in [-0.25, -0.2) is 0 Å². The summed E-state index contributed by atoms with van der Waals surface area (Å²) in [5.41, 5.74) is 0.922. The lowest BCUT2D eigenvalue weighted by Crippen LogP contribution is -2.28. The standard InChI is InChI=1S/C17H26O5S/c1-14(2)17(21-12-20-13-23-10-9-19-3)22-16(18)11-15-7-5-4-6-8-15/h4-8,14,17H,9-13H2,1-3H3. The van der Waals surface area contributed by atoms with Gasteiger partial charge in [0.25, 0.3) is 0 Å². The second-order valence-electron chi connectivity index (χ2n) is 5.27. The van der Waals surface area contributed by atoms with Crippen molar-refractivity contribution in [1.82, 2.24) is 0 Å². The van der Waals surface area contributed by atoms with Crippen molar-refractivity contribution in [2.45, 2.75) is 26.6 Å². The first-order valence-electron chi connectivity index (χ1n) is 7.63. The topological polar surface area (TPSA) is 54.0 Å². The smallest absolute Gasteiger partial charge is 0.312 e. The van der Waals surface area contributed by atoms with Crippen molar-refractivity contribution in [3.05, 3.63) is 35.9 Å². The third kappa shape index (κ3) is 9.61. The van der Waals surface area contributed by atoms with Gasteiger partial charge in [-0.1, -0.05) is 44.2 Å². The monoisotopic (exact) mass is 342 g/mol. The molecule has 1 aromatic rings. The van der Waals surface area contributed by atoms with Gasteiger partial charge in [0, 0.05) is 18.8 Å². The first-order chi connectivity index (χ1) is 11.1. The van der Waals surface area contributed by atoms with Crippen LogP contribution in [0.2, 0.25) is 0 Å². The lowest BCUT2D eigenvalue weighted by Gasteiger charge is -2.21. The van der Waals surface area contributed by atoms with Crippen molar-refractivity contribution in [3.8, 4) is 0 Å². The van der Waals surface area contributed by atoms with Gasteiger partial charge < -0.3 is 18.9 Å². The lowest BCUT2D eigenvalue weighted by atomic mass is 10.1. The fourth-order valence-electron chi connectivity index (χ4n) is 1.71. The predicted molar refractivity (Wildman–Crippen MR) is 91.1 cm³/mol. The van der Waals surface area contributed by atoms with Crippen molar-refractivity contribution >= 4 is 17.7 Å². The maximum Gasteiger partial charge on any atom is 0.312 e. The Morgan fingerprint density at radius 1 is 1.22 bits per heavy atom. The Hall–Kier alpha value is -1.08. The molecule has 130 valence electrons. The SMILES string of the molecule is COCCSCOCOC(OC(=O)Cc1ccccc1)C(C)C. The van der Waals surface area contributed by atoms with E-state index in [-0.39, 0.29) is 25.1 Å². The van der Waals surface area contributed by atoms with Crippen LogP contribution >= 0.6 is 11.8 Å². The Labute approximate surface area is 142 Å². The predicted octanol–water partition coefficient (Wildman–Crippen LogP) is 3.08. The molecule has 0 aliphatic heterocycles. The molecule has 0 aliphatic rings. The van der Waals surface area contributed by atoms with Crippen molar-refractivity contribution in [3.63, 3.8) is 0 Å². The van der Waals surface area contributed by atoms with E-state index in [2.05, 4.69) is 0 Å². The number of hydrogen-bond acceptors (Lipinski definition) is 6. The number of rotatable bonds is 12. The second kappa shape index (κ2) is 12.4. The largest absolute Gasteiger partial charge is 0.435 e. The Bertz CT molecular complexity index is 424. The number of benzene rings is 1. The van der Waals surface area contributed by atoms with Crippen molar-refractivity contribution in [2.75, 3.05) is 32.2 Å². The summed E-state index contributed by atoms with van der Waals surface area (Å²) >= 11 is 1.62. The molecule has 0 saturated carbocycles. The summed E-state index contributed by atoms with van der Waals surface area (Å²) in [6.07, 6.45) is -0.364. The third-order valence-corrected chi connectivity index (χ3v) is 3.69. The zero-order valence-electron chi connectivity index (χ0n) is 14.0. The maximum absolute atomic E-state index is 12.0. The van der Waals surface area contributed by atoms with E-state index < -0.39 is 6.29 Å². The zero-order chi connectivity index (χ0) is 16.9. The summed E-state index contributed by atoms with van der Waals surface area (Å²) in [6, 6.07) is 9.50. The first kappa shape index (κ1) is 20.0. The Morgan fingerprint density at radius 3 is 2.61 bits per heavy atom. The molecule has 0 N–H and O–H groups in total. The Balaban J connectivity index is 2.24. The van der Waals surface area contributed by atoms with Crippen LogP contribution in [0.3, 0.4) is 0 Å². The van der Waals surface area contributed by atoms with Gasteiger partial charge in [0.1, 0.15) is 0 Å². The molecule has 0 radical (unpaired) electrons. The number of carbonyl (C=O) groups excluding carboxylic acids is 1. The average Bonchev–Trinajstić information content (AvgIpc) is 2.53. The fourth-order valence-corrected chi connectivity index (χ4v) is 2.29. The van der Waals surface area contributed by atoms with Gasteiger partial charge in [0.15, 0.2) is 6.79 Å². The van der Waals surface area contributed by atoms with E-state index in [1.54, 1.807) is 18.9 Å². The summed E-state index contributed by atoms with van der Waals surface area (Å²) in [5.74, 6) is 1.14. The normalized spacial score (nSPS) is 12.3. The van der Waals surface area contributed by atoms with Crippen molar-refractivity contribution < 1.29 is 23.7 Å². The minimum Gasteiger partial charge on any atom is -0.435 e. The summed E-state index contributed by atoms with van der Waals surface area (Å²) < 4.78 is 21.2. The average molecular weight is 342 g/mol. The van der Waals surface area contributed by atoms with Crippen LogP contribution in [0.5, 0.6) is 0 Å². The Kier molecular flexibility index (Phi) is 10.7. The van der Waals surface area contributed by atoms with Crippen molar-refractivity contribution in [1.29, 1.82) is 0 Å². The number of ether oxygens (including phenoxy) is 4. The van der Waals surface area contributed by atoms with Crippen LogP contribution < -0.4 is 0 Å². The number of carbonyl (C=O) groups is 1. The van der Waals surface area contributed by atoms with Gasteiger partial charge >= 0.3 is 5.97 Å². The molecule has 0 heterocycles. The van der Waals surface area contributed by atoms with Gasteiger partial charge in [0.05, 0.1) is 19.0 Å². The van der Waals surface area contributed by atoms with E-state index in [0.29, 0.717) is 12.5 Å². The number of thioether (sulfide) groups is 1. The molecule has 0 aromatic heterocycles. The molecule has 23 heavy (non-hydrogen) atoms. The van der Waals surface area contributed by atoms with Crippen LogP contribution in [0.15, 0.2) is 30.3 Å². The molecule has 0 saturated heterocycles. The first-order valence-corrected chi connectivity index (χ1v) is 8.78. The summed E-state index contributed by atoms with van der Waals surface area (Å²) in [5, 5.41) is 0. The molecule has 1 aromatic carbocycles. The molecule has 0 amide bonds. The molecule has 1 atom stereocenters. The quantitative estimate of drug-likeness (QED) is 0.330. The van der Waals surface area contributed by atoms with E-state index in [4.69, 9.17) is 18.9 Å². The van der Waals surface area contributed by atoms with Gasteiger partial charge in [-0.3, -0.25) is 4.79 Å². The minimum atomic E-state index is -0.602. The molecule has 0 bridgehead atoms. The van der Waals surface area contributed by atoms with Crippen LogP contribution in [0.1, 0.15) is 19.4 Å². The molecule has 5 nitrogen and oxygen atoms in total. The summed E-state index contributed by atoms with van der Waals surface area (Å²) in [4.78, 5) is 12.0. The highest BCUT2D eigenvalue weighted by molar-refractivity contribution is 7.99. The zero-order valence-corrected chi connectivity index (χ0v) is 14.8. The minimum absolute atomic E-state index is 0.0551. The highest BCUT2D eigenvalue weighted by Crippen LogP contribution is 2.11. The van der Waals surface area contributed by atoms with Gasteiger partial charge in [0.2, 0.25) is 6.29 Å². The summed E-state index contributed by atoms with van der Waals surface area (Å²) in [7, 11) is 1.67. The van der Waals surface area contributed by atoms with E-state index in [1.165, 1.54) is 0 Å². The van der Waals surface area contributed by atoms with E-state index in [0.717, 1.165) is 11.3 Å². The van der Waals surface area contributed by atoms with E-state index in [9.17, 15) is 4.79 Å². The van der Waals surface area contributed by atoms with Gasteiger partial charge in [-0.15, -0.1) is 11.8 Å². The molecule has 1 rings (SSSR count). The molecular formula is C17H26O5S. The lowest BCUT2D eigenvalue weighted by molar-refractivity contribution is -0.211. The number of esters is 1. The fraction of sp³-hybridized carbons (Fsp3) is 0.588. The molecule has 0 fully saturated rings. The third-order valence-electron chi connectivity index (χ3n) is 2.90. The van der Waals surface area contributed by atoms with Crippen molar-refractivity contribution in [2.24, 2.45) is 5.92 Å². The second-order valence-corrected chi connectivity index (χ2v) is 6.32. The molecule has 0 aliphatic carbocycles. The van der Waals surface area contributed by atoms with Crippen LogP contribution in [0, 0.1) is 5.92 Å². The van der Waals surface area contributed by atoms with E-state index >= 15 is 0 Å². The van der Waals surface area contributed by atoms with Gasteiger partial charge in [-0.2, -0.15) is 0 Å². The van der Waals surface area contributed by atoms with E-state index in [1.807, 2.05) is 44.2 Å². The molecule has 6 heteroatoms. The molecular weight excluding hydrogens is 316 g/mol. The number of methoxy groups -OCH3 is 1. The molecule has 1 unspecified atom stereocenters. The highest BCUT2D eigenvalue weighted by atomic mass is 32.2.